The quantitative estimate of drug-likeness (QED) is 0.588. The van der Waals surface area contributed by atoms with Crippen molar-refractivity contribution in [1.29, 1.82) is 0 Å². The summed E-state index contributed by atoms with van der Waals surface area (Å²) in [4.78, 5) is 5.35. The molecule has 3 atom stereocenters. The Morgan fingerprint density at radius 3 is 2.21 bits per heavy atom. The van der Waals surface area contributed by atoms with Gasteiger partial charge in [0.1, 0.15) is 5.75 Å². The van der Waals surface area contributed by atoms with E-state index in [1.54, 1.807) is 18.2 Å². The molecular formula is C26H39N3O3S. The minimum Gasteiger partial charge on any atom is -0.508 e. The predicted octanol–water partition coefficient (Wildman–Crippen LogP) is 4.32. The number of piperazine rings is 1. The summed E-state index contributed by atoms with van der Waals surface area (Å²) in [6.45, 7) is 14.3. The Balaban J connectivity index is 1.99. The van der Waals surface area contributed by atoms with Crippen molar-refractivity contribution in [2.75, 3.05) is 32.7 Å². The van der Waals surface area contributed by atoms with Gasteiger partial charge in [-0.05, 0) is 62.2 Å². The van der Waals surface area contributed by atoms with E-state index in [2.05, 4.69) is 30.6 Å². The largest absolute Gasteiger partial charge is 0.508 e. The third kappa shape index (κ3) is 5.60. The molecule has 1 heterocycles. The average molecular weight is 474 g/mol. The van der Waals surface area contributed by atoms with E-state index in [1.165, 1.54) is 4.31 Å². The Hall–Kier alpha value is -1.93. The lowest BCUT2D eigenvalue weighted by atomic mass is 9.93. The molecule has 0 radical (unpaired) electrons. The molecule has 0 amide bonds. The minimum absolute atomic E-state index is 0.0662. The van der Waals surface area contributed by atoms with Gasteiger partial charge < -0.3 is 5.11 Å². The number of aromatic hydroxyl groups is 1. The number of phenolic OH excluding ortho intramolecular Hbond substituents is 1. The first-order chi connectivity index (χ1) is 15.7. The first-order valence-electron chi connectivity index (χ1n) is 12.1. The molecule has 0 saturated carbocycles. The van der Waals surface area contributed by atoms with Gasteiger partial charge in [-0.2, -0.15) is 4.31 Å². The maximum Gasteiger partial charge on any atom is 0.243 e. The summed E-state index contributed by atoms with van der Waals surface area (Å²) in [5, 5.41) is 10.2. The van der Waals surface area contributed by atoms with Crippen molar-refractivity contribution >= 4 is 10.0 Å². The molecule has 33 heavy (non-hydrogen) atoms. The van der Waals surface area contributed by atoms with Crippen LogP contribution in [-0.2, 0) is 10.0 Å². The zero-order chi connectivity index (χ0) is 24.2. The molecule has 3 rings (SSSR count). The van der Waals surface area contributed by atoms with Crippen LogP contribution in [0, 0.1) is 0 Å². The first kappa shape index (κ1) is 25.7. The molecule has 0 bridgehead atoms. The molecule has 1 aliphatic heterocycles. The molecule has 7 heteroatoms. The van der Waals surface area contributed by atoms with Crippen LogP contribution in [0.3, 0.4) is 0 Å². The van der Waals surface area contributed by atoms with Gasteiger partial charge in [-0.15, -0.1) is 0 Å². The van der Waals surface area contributed by atoms with Crippen molar-refractivity contribution in [3.05, 3.63) is 59.7 Å². The number of rotatable bonds is 9. The van der Waals surface area contributed by atoms with Crippen LogP contribution >= 0.6 is 0 Å². The van der Waals surface area contributed by atoms with Crippen molar-refractivity contribution in [2.24, 2.45) is 0 Å². The van der Waals surface area contributed by atoms with E-state index in [0.717, 1.165) is 37.2 Å². The molecule has 0 aromatic heterocycles. The fourth-order valence-corrected chi connectivity index (χ4v) is 6.45. The molecule has 1 saturated heterocycles. The molecule has 1 fully saturated rings. The maximum atomic E-state index is 13.0. The van der Waals surface area contributed by atoms with E-state index >= 15 is 0 Å². The predicted molar refractivity (Wildman–Crippen MR) is 134 cm³/mol. The molecule has 0 aliphatic carbocycles. The van der Waals surface area contributed by atoms with Gasteiger partial charge >= 0.3 is 0 Å². The van der Waals surface area contributed by atoms with Crippen LogP contribution in [0.2, 0.25) is 0 Å². The van der Waals surface area contributed by atoms with Gasteiger partial charge in [0.15, 0.2) is 0 Å². The van der Waals surface area contributed by atoms with Crippen molar-refractivity contribution in [3.8, 4) is 5.75 Å². The lowest BCUT2D eigenvalue weighted by Gasteiger charge is -2.47. The second kappa shape index (κ2) is 11.0. The van der Waals surface area contributed by atoms with Crippen molar-refractivity contribution < 1.29 is 13.5 Å². The van der Waals surface area contributed by atoms with E-state index in [1.807, 2.05) is 44.2 Å². The number of benzene rings is 2. The van der Waals surface area contributed by atoms with Crippen LogP contribution in [0.4, 0.5) is 0 Å². The number of hydrogen-bond donors (Lipinski definition) is 1. The molecule has 6 nitrogen and oxygen atoms in total. The van der Waals surface area contributed by atoms with E-state index in [4.69, 9.17) is 0 Å². The summed E-state index contributed by atoms with van der Waals surface area (Å²) >= 11 is 0. The highest BCUT2D eigenvalue weighted by molar-refractivity contribution is 7.89. The fourth-order valence-electron chi connectivity index (χ4n) is 4.99. The number of nitrogens with zero attached hydrogens (tertiary/aromatic N) is 3. The van der Waals surface area contributed by atoms with Gasteiger partial charge in [0.05, 0.1) is 10.9 Å². The zero-order valence-electron chi connectivity index (χ0n) is 20.6. The van der Waals surface area contributed by atoms with E-state index in [9.17, 15) is 13.5 Å². The summed E-state index contributed by atoms with van der Waals surface area (Å²) in [6.07, 6.45) is 1.13. The smallest absolute Gasteiger partial charge is 0.243 e. The maximum absolute atomic E-state index is 13.0. The Labute approximate surface area is 199 Å². The van der Waals surface area contributed by atoms with Gasteiger partial charge in [-0.3, -0.25) is 9.80 Å². The third-order valence-electron chi connectivity index (χ3n) is 6.73. The first-order valence-corrected chi connectivity index (χ1v) is 13.6. The Bertz CT molecular complexity index is 1010. The number of hydrogen-bond acceptors (Lipinski definition) is 5. The summed E-state index contributed by atoms with van der Waals surface area (Å²) in [7, 11) is -3.50. The number of phenols is 1. The van der Waals surface area contributed by atoms with Gasteiger partial charge in [0.2, 0.25) is 10.0 Å². The molecule has 0 unspecified atom stereocenters. The average Bonchev–Trinajstić information content (AvgIpc) is 2.78. The molecular weight excluding hydrogens is 434 g/mol. The normalized spacial score (nSPS) is 21.4. The molecule has 2 aromatic rings. The second-order valence-corrected chi connectivity index (χ2v) is 11.0. The van der Waals surface area contributed by atoms with Gasteiger partial charge in [0.25, 0.3) is 0 Å². The van der Waals surface area contributed by atoms with Crippen LogP contribution in [0.25, 0.3) is 0 Å². The van der Waals surface area contributed by atoms with Crippen molar-refractivity contribution in [2.45, 2.75) is 64.1 Å². The van der Waals surface area contributed by atoms with Crippen molar-refractivity contribution in [3.63, 3.8) is 0 Å². The highest BCUT2D eigenvalue weighted by Gasteiger charge is 2.34. The highest BCUT2D eigenvalue weighted by atomic mass is 32.2. The zero-order valence-corrected chi connectivity index (χ0v) is 21.4. The van der Waals surface area contributed by atoms with Crippen LogP contribution in [0.1, 0.15) is 58.2 Å². The fraction of sp³-hybridized carbons (Fsp3) is 0.538. The van der Waals surface area contributed by atoms with Gasteiger partial charge in [0, 0.05) is 38.3 Å². The van der Waals surface area contributed by atoms with Gasteiger partial charge in [-0.1, -0.05) is 45.0 Å². The summed E-state index contributed by atoms with van der Waals surface area (Å²) < 4.78 is 27.4. The van der Waals surface area contributed by atoms with Crippen LogP contribution in [0.5, 0.6) is 5.75 Å². The second-order valence-electron chi connectivity index (χ2n) is 9.05. The Morgan fingerprint density at radius 2 is 1.64 bits per heavy atom. The molecule has 1 N–H and O–H groups in total. The van der Waals surface area contributed by atoms with Crippen molar-refractivity contribution in [1.82, 2.24) is 14.1 Å². The van der Waals surface area contributed by atoms with Crippen LogP contribution < -0.4 is 0 Å². The molecule has 1 aliphatic rings. The summed E-state index contributed by atoms with van der Waals surface area (Å²) in [6, 6.07) is 15.4. The van der Waals surface area contributed by atoms with Crippen LogP contribution in [-0.4, -0.2) is 72.4 Å². The van der Waals surface area contributed by atoms with E-state index in [-0.39, 0.29) is 11.8 Å². The van der Waals surface area contributed by atoms with Gasteiger partial charge in [-0.25, -0.2) is 8.42 Å². The number of sulfonamides is 1. The molecule has 2 aromatic carbocycles. The lowest BCUT2D eigenvalue weighted by Crippen LogP contribution is -2.57. The Kier molecular flexibility index (Phi) is 8.56. The SMILES string of the molecule is CCCN1C[C@@H](C)N([C@H](c2ccc(S(=O)(=O)N(CC)CC)cc2)c2cccc(O)c2)C[C@@H]1C. The van der Waals surface area contributed by atoms with E-state index in [0.29, 0.717) is 30.1 Å². The summed E-state index contributed by atoms with van der Waals surface area (Å²) in [5.41, 5.74) is 2.04. The van der Waals surface area contributed by atoms with E-state index < -0.39 is 10.0 Å². The molecule has 182 valence electrons. The monoisotopic (exact) mass is 473 g/mol. The molecule has 0 spiro atoms. The summed E-state index contributed by atoms with van der Waals surface area (Å²) in [5.74, 6) is 0.239. The topological polar surface area (TPSA) is 64.1 Å². The standard InChI is InChI=1S/C26H39N3O3S/c1-6-16-27-18-21(5)29(19-20(27)4)26(23-10-9-11-24(30)17-23)22-12-14-25(15-13-22)33(31,32)28(7-2)8-3/h9-15,17,20-21,26,30H,6-8,16,18-19H2,1-5H3/t20-,21+,26+/m0/s1. The van der Waals surface area contributed by atoms with Crippen LogP contribution in [0.15, 0.2) is 53.4 Å². The lowest BCUT2D eigenvalue weighted by molar-refractivity contribution is 0.0241. The minimum atomic E-state index is -3.50. The highest BCUT2D eigenvalue weighted by Crippen LogP contribution is 2.35. The Morgan fingerprint density at radius 1 is 0.970 bits per heavy atom. The third-order valence-corrected chi connectivity index (χ3v) is 8.79.